The summed E-state index contributed by atoms with van der Waals surface area (Å²) < 4.78 is 0. The molecule has 0 amide bonds. The monoisotopic (exact) mass is 404 g/mol. The van der Waals surface area contributed by atoms with Crippen LogP contribution in [0.3, 0.4) is 0 Å². The van der Waals surface area contributed by atoms with Gasteiger partial charge in [-0.25, -0.2) is 12.1 Å². The Morgan fingerprint density at radius 2 is 1.52 bits per heavy atom. The van der Waals surface area contributed by atoms with Crippen molar-refractivity contribution >= 4 is 17.2 Å². The zero-order valence-corrected chi connectivity index (χ0v) is 14.8. The van der Waals surface area contributed by atoms with Gasteiger partial charge in [-0.05, 0) is 0 Å². The fraction of sp³-hybridized carbons (Fsp3) is 0. The van der Waals surface area contributed by atoms with E-state index in [4.69, 9.17) is 0 Å². The Hall–Kier alpha value is -3.53. The van der Waals surface area contributed by atoms with Gasteiger partial charge >= 0.3 is 17.1 Å². The molecular weight excluding hydrogens is 392 g/mol. The minimum Gasteiger partial charge on any atom is -0.280 e. The number of nitro groups is 2. The molecule has 0 aliphatic rings. The summed E-state index contributed by atoms with van der Waals surface area (Å²) in [6.45, 7) is 0. The molecule has 0 fully saturated rings. The molecule has 27 heavy (non-hydrogen) atoms. The number of carbonyl (C=O) groups is 1. The maximum absolute atomic E-state index is 11.9. The third-order valence-electron chi connectivity index (χ3n) is 3.12. The number of non-ortho nitro benzene ring substituents is 2. The predicted molar refractivity (Wildman–Crippen MR) is 95.0 cm³/mol. The minimum atomic E-state index is -0.797. The molecule has 0 saturated heterocycles. The molecule has 0 bridgehead atoms. The van der Waals surface area contributed by atoms with Crippen LogP contribution >= 0.6 is 0 Å². The van der Waals surface area contributed by atoms with Gasteiger partial charge in [-0.15, -0.1) is 11.6 Å². The Morgan fingerprint density at radius 1 is 0.926 bits per heavy atom. The molecule has 0 atom stereocenters. The molecule has 0 aliphatic carbocycles. The average Bonchev–Trinajstić information content (AvgIpc) is 3.35. The molecule has 3 aromatic rings. The van der Waals surface area contributed by atoms with E-state index in [1.807, 2.05) is 30.3 Å². The first-order valence-corrected chi connectivity index (χ1v) is 7.36. The molecule has 136 valence electrons. The molecule has 0 aromatic heterocycles. The summed E-state index contributed by atoms with van der Waals surface area (Å²) in [6.07, 6.45) is 0. The first-order chi connectivity index (χ1) is 12.5. The van der Waals surface area contributed by atoms with E-state index >= 15 is 0 Å². The molecule has 8 heteroatoms. The maximum Gasteiger partial charge on any atom is 2.00 e. The van der Waals surface area contributed by atoms with Crippen LogP contribution in [-0.4, -0.2) is 15.6 Å². The number of hydrogen-bond acceptors (Lipinski definition) is 5. The van der Waals surface area contributed by atoms with Crippen molar-refractivity contribution in [2.75, 3.05) is 0 Å². The van der Waals surface area contributed by atoms with E-state index in [1.54, 1.807) is 24.3 Å². The fourth-order valence-corrected chi connectivity index (χ4v) is 1.92. The normalized spacial score (nSPS) is 8.89. The third kappa shape index (κ3) is 6.71. The van der Waals surface area contributed by atoms with Crippen molar-refractivity contribution < 1.29 is 31.7 Å². The molecule has 0 heterocycles. The second kappa shape index (κ2) is 10.5. The molecule has 0 N–H and O–H groups in total. The Morgan fingerprint density at radius 3 is 1.93 bits per heavy atom. The van der Waals surface area contributed by atoms with Gasteiger partial charge in [-0.3, -0.25) is 25.0 Å². The van der Waals surface area contributed by atoms with Crippen LogP contribution in [0.5, 0.6) is 0 Å². The fourth-order valence-electron chi connectivity index (χ4n) is 1.92. The van der Waals surface area contributed by atoms with Crippen molar-refractivity contribution in [2.45, 2.75) is 0 Å². The molecule has 0 aliphatic heterocycles. The van der Waals surface area contributed by atoms with Crippen molar-refractivity contribution in [3.63, 3.8) is 0 Å². The molecule has 3 aromatic carbocycles. The second-order valence-electron chi connectivity index (χ2n) is 4.97. The standard InChI is InChI=1S/C14H7N2O5.C5H5.Fe/c17-14(6-5-10-3-1-2-4-10)11-7-12(15(18)19)9-13(8-11)16(20)21;1-2-4-5-3-1;/h1-4,7-9H;1-5H;/q2*-1;+2. The zero-order valence-electron chi connectivity index (χ0n) is 13.7. The third-order valence-corrected chi connectivity index (χ3v) is 3.12. The summed E-state index contributed by atoms with van der Waals surface area (Å²) in [7, 11) is 0. The number of nitrogens with zero attached hydrogens (tertiary/aromatic N) is 2. The average molecular weight is 404 g/mol. The topological polar surface area (TPSA) is 103 Å². The van der Waals surface area contributed by atoms with Gasteiger partial charge < -0.3 is 0 Å². The van der Waals surface area contributed by atoms with Crippen LogP contribution in [0.2, 0.25) is 0 Å². The number of ketones is 1. The SMILES string of the molecule is O=C(C#Cc1ccc[cH-]1)c1cc([N+](=O)[O-])cc([N+](=O)[O-])c1.[Fe+2].c1cc[cH-]c1. The van der Waals surface area contributed by atoms with Gasteiger partial charge in [0.2, 0.25) is 5.78 Å². The van der Waals surface area contributed by atoms with E-state index in [0.717, 1.165) is 18.2 Å². The smallest absolute Gasteiger partial charge is 0.280 e. The molecule has 3 rings (SSSR count). The van der Waals surface area contributed by atoms with Crippen molar-refractivity contribution in [3.05, 3.63) is 104 Å². The van der Waals surface area contributed by atoms with Crippen LogP contribution in [-0.2, 0) is 17.1 Å². The molecule has 0 unspecified atom stereocenters. The van der Waals surface area contributed by atoms with Gasteiger partial charge in [-0.1, -0.05) is 5.92 Å². The quantitative estimate of drug-likeness (QED) is 0.165. The van der Waals surface area contributed by atoms with Crippen molar-refractivity contribution in [1.82, 2.24) is 0 Å². The van der Waals surface area contributed by atoms with E-state index in [9.17, 15) is 25.0 Å². The molecule has 7 nitrogen and oxygen atoms in total. The Kier molecular flexibility index (Phi) is 8.33. The molecular formula is C19H12FeN2O5. The maximum atomic E-state index is 11.9. The number of nitro benzene ring substituents is 2. The van der Waals surface area contributed by atoms with Crippen LogP contribution in [0.15, 0.2) is 72.8 Å². The molecule has 0 radical (unpaired) electrons. The van der Waals surface area contributed by atoms with E-state index in [2.05, 4.69) is 11.8 Å². The Bertz CT molecular complexity index is 918. The second-order valence-corrected chi connectivity index (χ2v) is 4.97. The van der Waals surface area contributed by atoms with Crippen molar-refractivity contribution in [2.24, 2.45) is 0 Å². The predicted octanol–water partition coefficient (Wildman–Crippen LogP) is 3.86. The Balaban J connectivity index is 0.000000526. The number of carbonyl (C=O) groups excluding carboxylic acids is 1. The van der Waals surface area contributed by atoms with Gasteiger partial charge in [-0.2, -0.15) is 42.3 Å². The van der Waals surface area contributed by atoms with Gasteiger partial charge in [0.15, 0.2) is 0 Å². The van der Waals surface area contributed by atoms with E-state index < -0.39 is 27.0 Å². The first-order valence-electron chi connectivity index (χ1n) is 7.36. The molecule has 0 spiro atoms. The number of benzene rings is 1. The minimum absolute atomic E-state index is 0. The van der Waals surface area contributed by atoms with Crippen LogP contribution in [0.1, 0.15) is 15.9 Å². The first kappa shape index (κ1) is 21.5. The molecule has 0 saturated carbocycles. The van der Waals surface area contributed by atoms with Gasteiger partial charge in [0.05, 0.1) is 15.9 Å². The summed E-state index contributed by atoms with van der Waals surface area (Å²) >= 11 is 0. The summed E-state index contributed by atoms with van der Waals surface area (Å²) in [4.78, 5) is 31.7. The van der Waals surface area contributed by atoms with Crippen LogP contribution in [0.4, 0.5) is 11.4 Å². The zero-order chi connectivity index (χ0) is 18.9. The van der Waals surface area contributed by atoms with E-state index in [-0.39, 0.29) is 22.6 Å². The van der Waals surface area contributed by atoms with Crippen molar-refractivity contribution in [3.8, 4) is 11.8 Å². The van der Waals surface area contributed by atoms with Gasteiger partial charge in [0.25, 0.3) is 11.4 Å². The number of rotatable bonds is 3. The van der Waals surface area contributed by atoms with Crippen LogP contribution in [0, 0.1) is 32.1 Å². The van der Waals surface area contributed by atoms with Crippen molar-refractivity contribution in [1.29, 1.82) is 0 Å². The largest absolute Gasteiger partial charge is 2.00 e. The van der Waals surface area contributed by atoms with E-state index in [1.165, 1.54) is 0 Å². The number of Topliss-reactive ketones (excluding diaryl/α,β-unsaturated/α-hetero) is 1. The Labute approximate surface area is 165 Å². The summed E-state index contributed by atoms with van der Waals surface area (Å²) in [5.74, 6) is 4.16. The summed E-state index contributed by atoms with van der Waals surface area (Å²) in [6, 6.07) is 19.6. The van der Waals surface area contributed by atoms with Crippen LogP contribution in [0.25, 0.3) is 0 Å². The van der Waals surface area contributed by atoms with Gasteiger partial charge in [0, 0.05) is 17.7 Å². The summed E-state index contributed by atoms with van der Waals surface area (Å²) in [5.41, 5.74) is -0.622. The van der Waals surface area contributed by atoms with Crippen LogP contribution < -0.4 is 0 Å². The number of hydrogen-bond donors (Lipinski definition) is 0. The summed E-state index contributed by atoms with van der Waals surface area (Å²) in [5, 5.41) is 21.5. The van der Waals surface area contributed by atoms with E-state index in [0.29, 0.717) is 5.56 Å². The van der Waals surface area contributed by atoms with Gasteiger partial charge in [0.1, 0.15) is 0 Å².